The lowest BCUT2D eigenvalue weighted by Gasteiger charge is -2.39. The highest BCUT2D eigenvalue weighted by molar-refractivity contribution is 6.31. The highest BCUT2D eigenvalue weighted by Gasteiger charge is 2.32. The van der Waals surface area contributed by atoms with Gasteiger partial charge in [-0.05, 0) is 58.0 Å². The largest absolute Gasteiger partial charge is 0.372 e. The summed E-state index contributed by atoms with van der Waals surface area (Å²) in [5.74, 6) is 0.959. The number of carbonyl (C=O) groups excluding carboxylic acids is 1. The van der Waals surface area contributed by atoms with E-state index >= 15 is 0 Å². The molecule has 0 spiro atoms. The Morgan fingerprint density at radius 1 is 1.24 bits per heavy atom. The minimum absolute atomic E-state index is 0.0644. The number of rotatable bonds is 3. The summed E-state index contributed by atoms with van der Waals surface area (Å²) in [5.41, 5.74) is 0.474. The fraction of sp³-hybridized carbons (Fsp3) is 0.571. The third kappa shape index (κ3) is 4.63. The second kappa shape index (κ2) is 8.42. The Labute approximate surface area is 175 Å². The molecular weight excluding hydrogens is 392 g/mol. The first kappa shape index (κ1) is 20.3. The van der Waals surface area contributed by atoms with E-state index in [-0.39, 0.29) is 29.6 Å². The number of aromatic amines is 1. The molecule has 29 heavy (non-hydrogen) atoms. The van der Waals surface area contributed by atoms with Gasteiger partial charge in [-0.2, -0.15) is 0 Å². The molecule has 2 unspecified atom stereocenters. The number of H-pyrrole nitrogens is 1. The number of likely N-dealkylation sites (tertiary alicyclic amines) is 1. The van der Waals surface area contributed by atoms with Gasteiger partial charge in [-0.1, -0.05) is 11.6 Å². The lowest BCUT2D eigenvalue weighted by molar-refractivity contribution is -0.148. The van der Waals surface area contributed by atoms with Crippen LogP contribution in [0.5, 0.6) is 0 Å². The van der Waals surface area contributed by atoms with Crippen LogP contribution in [0.3, 0.4) is 0 Å². The van der Waals surface area contributed by atoms with Gasteiger partial charge < -0.3 is 14.6 Å². The van der Waals surface area contributed by atoms with Gasteiger partial charge in [0.2, 0.25) is 5.91 Å². The molecule has 3 heterocycles. The number of carbonyl (C=O) groups is 1. The smallest absolute Gasteiger partial charge is 0.258 e. The van der Waals surface area contributed by atoms with E-state index in [1.165, 1.54) is 0 Å². The van der Waals surface area contributed by atoms with Gasteiger partial charge in [0.15, 0.2) is 0 Å². The summed E-state index contributed by atoms with van der Waals surface area (Å²) in [7, 11) is 0. The Morgan fingerprint density at radius 2 is 1.93 bits per heavy atom. The number of nitrogens with zero attached hydrogens (tertiary/aromatic N) is 3. The highest BCUT2D eigenvalue weighted by atomic mass is 35.5. The molecule has 7 nitrogen and oxygen atoms in total. The van der Waals surface area contributed by atoms with E-state index in [0.29, 0.717) is 41.4 Å². The number of hydrogen-bond donors (Lipinski definition) is 1. The van der Waals surface area contributed by atoms with Gasteiger partial charge in [0, 0.05) is 24.0 Å². The van der Waals surface area contributed by atoms with E-state index in [4.69, 9.17) is 16.3 Å². The standard InChI is InChI=1S/C21H27ClN4O3/c1-13-10-26(11-14(2)29-13)21(28)15-5-7-25(8-6-15)12-19-23-18-4-3-16(22)9-17(18)20(27)24-19/h3-4,9,13-15H,5-8,10-12H2,1-2H3,(H,23,24,27). The zero-order chi connectivity index (χ0) is 20.5. The van der Waals surface area contributed by atoms with Crippen molar-refractivity contribution in [2.24, 2.45) is 5.92 Å². The molecule has 4 rings (SSSR count). The summed E-state index contributed by atoms with van der Waals surface area (Å²) in [6.07, 6.45) is 1.83. The van der Waals surface area contributed by atoms with E-state index in [1.807, 2.05) is 18.7 Å². The second-order valence-corrected chi connectivity index (χ2v) is 8.66. The van der Waals surface area contributed by atoms with E-state index in [1.54, 1.807) is 18.2 Å². The minimum Gasteiger partial charge on any atom is -0.372 e. The van der Waals surface area contributed by atoms with Crippen molar-refractivity contribution in [3.8, 4) is 0 Å². The van der Waals surface area contributed by atoms with Crippen LogP contribution >= 0.6 is 11.6 Å². The molecule has 2 aromatic rings. The Kier molecular flexibility index (Phi) is 5.90. The summed E-state index contributed by atoms with van der Waals surface area (Å²) >= 11 is 5.97. The van der Waals surface area contributed by atoms with Gasteiger partial charge in [-0.3, -0.25) is 14.5 Å². The van der Waals surface area contributed by atoms with Crippen LogP contribution in [0.25, 0.3) is 10.9 Å². The van der Waals surface area contributed by atoms with E-state index in [9.17, 15) is 9.59 Å². The number of benzene rings is 1. The Bertz CT molecular complexity index is 945. The topological polar surface area (TPSA) is 78.5 Å². The molecule has 1 aromatic heterocycles. The Balaban J connectivity index is 1.36. The van der Waals surface area contributed by atoms with Crippen molar-refractivity contribution >= 4 is 28.4 Å². The maximum atomic E-state index is 12.9. The van der Waals surface area contributed by atoms with Gasteiger partial charge in [0.05, 0.1) is 29.7 Å². The molecule has 0 saturated carbocycles. The SMILES string of the molecule is CC1CN(C(=O)C2CCN(Cc3nc4ccc(Cl)cc4c(=O)[nH]3)CC2)CC(C)O1. The molecule has 2 atom stereocenters. The molecule has 0 radical (unpaired) electrons. The zero-order valence-electron chi connectivity index (χ0n) is 16.9. The summed E-state index contributed by atoms with van der Waals surface area (Å²) in [4.78, 5) is 36.9. The van der Waals surface area contributed by atoms with E-state index < -0.39 is 0 Å². The first-order valence-electron chi connectivity index (χ1n) is 10.2. The maximum absolute atomic E-state index is 12.9. The molecule has 1 amide bonds. The van der Waals surface area contributed by atoms with Crippen molar-refractivity contribution in [2.45, 2.75) is 45.4 Å². The number of hydrogen-bond acceptors (Lipinski definition) is 5. The summed E-state index contributed by atoms with van der Waals surface area (Å²) in [6.45, 7) is 7.59. The van der Waals surface area contributed by atoms with Crippen LogP contribution in [0.15, 0.2) is 23.0 Å². The van der Waals surface area contributed by atoms with Crippen molar-refractivity contribution in [3.63, 3.8) is 0 Å². The van der Waals surface area contributed by atoms with Crippen LogP contribution in [-0.2, 0) is 16.1 Å². The fourth-order valence-electron chi connectivity index (χ4n) is 4.40. The van der Waals surface area contributed by atoms with Crippen LogP contribution in [-0.4, -0.2) is 64.1 Å². The predicted molar refractivity (Wildman–Crippen MR) is 112 cm³/mol. The van der Waals surface area contributed by atoms with Crippen molar-refractivity contribution in [1.29, 1.82) is 0 Å². The Morgan fingerprint density at radius 3 is 2.62 bits per heavy atom. The van der Waals surface area contributed by atoms with Gasteiger partial charge in [-0.15, -0.1) is 0 Å². The average Bonchev–Trinajstić information content (AvgIpc) is 2.68. The first-order valence-corrected chi connectivity index (χ1v) is 10.6. The van der Waals surface area contributed by atoms with Crippen LogP contribution in [0, 0.1) is 5.92 Å². The number of halogens is 1. The number of amides is 1. The third-order valence-electron chi connectivity index (χ3n) is 5.76. The predicted octanol–water partition coefficient (Wildman–Crippen LogP) is 2.42. The van der Waals surface area contributed by atoms with E-state index in [0.717, 1.165) is 25.9 Å². The van der Waals surface area contributed by atoms with Crippen molar-refractivity contribution in [2.75, 3.05) is 26.2 Å². The summed E-state index contributed by atoms with van der Waals surface area (Å²) < 4.78 is 5.74. The van der Waals surface area contributed by atoms with Gasteiger partial charge >= 0.3 is 0 Å². The normalized spacial score (nSPS) is 24.2. The van der Waals surface area contributed by atoms with Gasteiger partial charge in [-0.25, -0.2) is 4.98 Å². The Hall–Kier alpha value is -1.96. The van der Waals surface area contributed by atoms with Gasteiger partial charge in [0.1, 0.15) is 5.82 Å². The average molecular weight is 419 g/mol. The molecule has 0 bridgehead atoms. The second-order valence-electron chi connectivity index (χ2n) is 8.23. The monoisotopic (exact) mass is 418 g/mol. The number of ether oxygens (including phenoxy) is 1. The maximum Gasteiger partial charge on any atom is 0.258 e. The molecule has 1 N–H and O–H groups in total. The number of piperidine rings is 1. The number of aromatic nitrogens is 2. The fourth-order valence-corrected chi connectivity index (χ4v) is 4.57. The van der Waals surface area contributed by atoms with Crippen LogP contribution in [0.1, 0.15) is 32.5 Å². The first-order chi connectivity index (χ1) is 13.9. The molecule has 1 aromatic carbocycles. The molecule has 2 aliphatic heterocycles. The molecular formula is C21H27ClN4O3. The molecule has 2 fully saturated rings. The van der Waals surface area contributed by atoms with Crippen molar-refractivity contribution < 1.29 is 9.53 Å². The summed E-state index contributed by atoms with van der Waals surface area (Å²) in [6, 6.07) is 5.15. The van der Waals surface area contributed by atoms with Crippen LogP contribution < -0.4 is 5.56 Å². The zero-order valence-corrected chi connectivity index (χ0v) is 17.6. The molecule has 2 aliphatic rings. The molecule has 2 saturated heterocycles. The number of morpholine rings is 1. The summed E-state index contributed by atoms with van der Waals surface area (Å²) in [5, 5.41) is 1.02. The highest BCUT2D eigenvalue weighted by Crippen LogP contribution is 2.23. The van der Waals surface area contributed by atoms with Crippen molar-refractivity contribution in [3.05, 3.63) is 39.4 Å². The lowest BCUT2D eigenvalue weighted by Crippen LogP contribution is -2.51. The lowest BCUT2D eigenvalue weighted by atomic mass is 9.94. The van der Waals surface area contributed by atoms with Crippen molar-refractivity contribution in [1.82, 2.24) is 19.8 Å². The van der Waals surface area contributed by atoms with Crippen LogP contribution in [0.4, 0.5) is 0 Å². The quantitative estimate of drug-likeness (QED) is 0.828. The molecule has 156 valence electrons. The van der Waals surface area contributed by atoms with Gasteiger partial charge in [0.25, 0.3) is 5.56 Å². The number of nitrogens with one attached hydrogen (secondary N) is 1. The number of fused-ring (bicyclic) bond motifs is 1. The third-order valence-corrected chi connectivity index (χ3v) is 5.99. The molecule has 8 heteroatoms. The van der Waals surface area contributed by atoms with E-state index in [2.05, 4.69) is 14.9 Å². The minimum atomic E-state index is -0.173. The molecule has 0 aliphatic carbocycles. The van der Waals surface area contributed by atoms with Crippen LogP contribution in [0.2, 0.25) is 5.02 Å².